The van der Waals surface area contributed by atoms with Crippen molar-refractivity contribution in [2.75, 3.05) is 5.32 Å². The second-order valence-corrected chi connectivity index (χ2v) is 6.13. The first-order valence-corrected chi connectivity index (χ1v) is 8.92. The van der Waals surface area contributed by atoms with Gasteiger partial charge >= 0.3 is 5.97 Å². The number of carbonyl (C=O) groups is 1. The van der Waals surface area contributed by atoms with Crippen LogP contribution in [0.5, 0.6) is 0 Å². The van der Waals surface area contributed by atoms with E-state index in [9.17, 15) is 14.3 Å². The van der Waals surface area contributed by atoms with Gasteiger partial charge < -0.3 is 15.2 Å². The van der Waals surface area contributed by atoms with Crippen LogP contribution in [0.4, 0.5) is 15.8 Å². The Morgan fingerprint density at radius 2 is 1.93 bits per heavy atom. The highest BCUT2D eigenvalue weighted by Gasteiger charge is 2.31. The molecule has 0 spiro atoms. The zero-order valence-corrected chi connectivity index (χ0v) is 15.6. The Morgan fingerprint density at radius 3 is 2.52 bits per heavy atom. The highest BCUT2D eigenvalue weighted by Crippen LogP contribution is 2.28. The molecule has 0 aromatic heterocycles. The highest BCUT2D eigenvalue weighted by molar-refractivity contribution is 5.97. The number of halogens is 1. The summed E-state index contributed by atoms with van der Waals surface area (Å²) in [5.41, 5.74) is 1.82. The molecular formula is C21H23FN2O3. The maximum Gasteiger partial charge on any atom is 0.340 e. The molecule has 0 heterocycles. The van der Waals surface area contributed by atoms with Crippen LogP contribution in [-0.4, -0.2) is 23.3 Å². The molecule has 2 N–H and O–H groups in total. The summed E-state index contributed by atoms with van der Waals surface area (Å²) in [6.45, 7) is 5.78. The molecule has 5 nitrogen and oxygen atoms in total. The normalized spacial score (nSPS) is 17.6. The molecule has 0 unspecified atom stereocenters. The Labute approximate surface area is 158 Å². The van der Waals surface area contributed by atoms with Crippen LogP contribution in [-0.2, 0) is 4.74 Å². The summed E-state index contributed by atoms with van der Waals surface area (Å²) in [4.78, 5) is 12.4. The van der Waals surface area contributed by atoms with Crippen LogP contribution in [0.25, 0.3) is 0 Å². The average molecular weight is 370 g/mol. The maximum absolute atomic E-state index is 14.1. The van der Waals surface area contributed by atoms with Gasteiger partial charge in [0.05, 0.1) is 34.7 Å². The summed E-state index contributed by atoms with van der Waals surface area (Å²) in [7, 11) is 0. The minimum atomic E-state index is -0.573. The number of nitrogens with one attached hydrogen (secondary N) is 1. The molecule has 0 saturated heterocycles. The zero-order chi connectivity index (χ0) is 20.0. The largest absolute Gasteiger partial charge is 0.459 e. The van der Waals surface area contributed by atoms with Gasteiger partial charge in [0.15, 0.2) is 0 Å². The van der Waals surface area contributed by atoms with Crippen molar-refractivity contribution in [2.45, 2.75) is 45.8 Å². The predicted molar refractivity (Wildman–Crippen MR) is 101 cm³/mol. The summed E-state index contributed by atoms with van der Waals surface area (Å²) in [5, 5.41) is 21.2. The number of ether oxygens (including phenoxy) is 1. The average Bonchev–Trinajstić information content (AvgIpc) is 2.64. The number of carbonyl (C=O) groups excluding carboxylic acids is 1. The lowest BCUT2D eigenvalue weighted by Crippen LogP contribution is -2.36. The van der Waals surface area contributed by atoms with Crippen molar-refractivity contribution in [3.8, 4) is 6.07 Å². The van der Waals surface area contributed by atoms with E-state index in [1.54, 1.807) is 19.1 Å². The fourth-order valence-electron chi connectivity index (χ4n) is 2.61. The number of anilines is 2. The highest BCUT2D eigenvalue weighted by atomic mass is 19.1. The number of esters is 1. The van der Waals surface area contributed by atoms with Crippen molar-refractivity contribution in [3.05, 3.63) is 58.9 Å². The first-order valence-electron chi connectivity index (χ1n) is 8.92. The van der Waals surface area contributed by atoms with Crippen molar-refractivity contribution >= 4 is 17.3 Å². The van der Waals surface area contributed by atoms with Crippen LogP contribution >= 0.6 is 0 Å². The number of nitriles is 1. The van der Waals surface area contributed by atoms with Crippen molar-refractivity contribution in [1.82, 2.24) is 0 Å². The number of aliphatic hydroxyl groups is 1. The third kappa shape index (κ3) is 5.05. The van der Waals surface area contributed by atoms with Gasteiger partial charge in [0, 0.05) is 12.8 Å². The van der Waals surface area contributed by atoms with E-state index in [-0.39, 0.29) is 17.4 Å². The van der Waals surface area contributed by atoms with E-state index in [1.807, 2.05) is 19.9 Å². The molecule has 142 valence electrons. The third-order valence-corrected chi connectivity index (χ3v) is 4.11. The molecule has 0 bridgehead atoms. The van der Waals surface area contributed by atoms with Crippen molar-refractivity contribution < 1.29 is 19.0 Å². The number of aliphatic hydroxyl groups excluding tert-OH is 1. The Hall–Kier alpha value is -2.91. The minimum absolute atomic E-state index is 0.203. The lowest BCUT2D eigenvalue weighted by atomic mass is 9.92. The number of benzene rings is 2. The van der Waals surface area contributed by atoms with Crippen LogP contribution in [0.1, 0.15) is 48.2 Å². The fraction of sp³-hybridized carbons (Fsp3) is 0.333. The van der Waals surface area contributed by atoms with E-state index in [0.717, 1.165) is 5.56 Å². The molecule has 6 heteroatoms. The van der Waals surface area contributed by atoms with Crippen LogP contribution in [0.15, 0.2) is 36.4 Å². The van der Waals surface area contributed by atoms with Gasteiger partial charge in [-0.1, -0.05) is 19.9 Å². The summed E-state index contributed by atoms with van der Waals surface area (Å²) < 4.78 is 19.4. The van der Waals surface area contributed by atoms with Crippen molar-refractivity contribution in [1.29, 1.82) is 5.26 Å². The molecule has 1 saturated carbocycles. The van der Waals surface area contributed by atoms with Gasteiger partial charge in [0.2, 0.25) is 0 Å². The first-order chi connectivity index (χ1) is 13.0. The summed E-state index contributed by atoms with van der Waals surface area (Å²) in [6, 6.07) is 11.1. The molecule has 0 amide bonds. The molecular weight excluding hydrogens is 347 g/mol. The summed E-state index contributed by atoms with van der Waals surface area (Å²) in [5.74, 6) is -1.03. The monoisotopic (exact) mass is 370 g/mol. The van der Waals surface area contributed by atoms with Crippen molar-refractivity contribution in [3.63, 3.8) is 0 Å². The SMILES string of the molecule is CC.Cc1ccc(Nc2cc(C#N)ccc2C(=O)OC2CC(O)C2)c(F)c1. The standard InChI is InChI=1S/C19H17FN2O3.C2H6/c1-11-2-5-17(16(20)6-11)22-18-7-12(10-21)3-4-15(18)19(24)25-14-8-13(23)9-14;1-2/h2-7,13-14,22-23H,8-9H2,1H3;1-2H3. The topological polar surface area (TPSA) is 82.4 Å². The van der Waals surface area contributed by atoms with Crippen molar-refractivity contribution in [2.24, 2.45) is 0 Å². The molecule has 1 aliphatic carbocycles. The van der Waals surface area contributed by atoms with E-state index in [1.165, 1.54) is 24.3 Å². The van der Waals surface area contributed by atoms with Crippen LogP contribution in [0.3, 0.4) is 0 Å². The molecule has 3 rings (SSSR count). The van der Waals surface area contributed by atoms with Gasteiger partial charge in [-0.3, -0.25) is 0 Å². The summed E-state index contributed by atoms with van der Waals surface area (Å²) >= 11 is 0. The number of rotatable bonds is 4. The lowest BCUT2D eigenvalue weighted by molar-refractivity contribution is -0.0465. The van der Waals surface area contributed by atoms with E-state index in [2.05, 4.69) is 5.32 Å². The predicted octanol–water partition coefficient (Wildman–Crippen LogP) is 4.46. The maximum atomic E-state index is 14.1. The quantitative estimate of drug-likeness (QED) is 0.777. The number of aryl methyl sites for hydroxylation is 1. The summed E-state index contributed by atoms with van der Waals surface area (Å²) in [6.07, 6.45) is 0.0782. The number of nitrogens with zero attached hydrogens (tertiary/aromatic N) is 1. The molecule has 0 radical (unpaired) electrons. The van der Waals surface area contributed by atoms with E-state index < -0.39 is 17.9 Å². The Morgan fingerprint density at radius 1 is 1.22 bits per heavy atom. The second kappa shape index (κ2) is 9.15. The van der Waals surface area contributed by atoms with Gasteiger partial charge in [0.1, 0.15) is 11.9 Å². The third-order valence-electron chi connectivity index (χ3n) is 4.11. The Balaban J connectivity index is 0.00000126. The lowest BCUT2D eigenvalue weighted by Gasteiger charge is -2.30. The molecule has 27 heavy (non-hydrogen) atoms. The van der Waals surface area contributed by atoms with E-state index >= 15 is 0 Å². The van der Waals surface area contributed by atoms with Crippen LogP contribution in [0, 0.1) is 24.1 Å². The van der Waals surface area contributed by atoms with Gasteiger partial charge in [-0.15, -0.1) is 0 Å². The Bertz CT molecular complexity index is 855. The smallest absolute Gasteiger partial charge is 0.340 e. The van der Waals surface area contributed by atoms with Gasteiger partial charge in [-0.2, -0.15) is 5.26 Å². The van der Waals surface area contributed by atoms with Gasteiger partial charge in [-0.25, -0.2) is 9.18 Å². The molecule has 0 atom stereocenters. The number of hydrogen-bond acceptors (Lipinski definition) is 5. The second-order valence-electron chi connectivity index (χ2n) is 6.13. The molecule has 2 aromatic rings. The van der Waals surface area contributed by atoms with E-state index in [0.29, 0.717) is 24.1 Å². The zero-order valence-electron chi connectivity index (χ0n) is 15.6. The van der Waals surface area contributed by atoms with Crippen LogP contribution in [0.2, 0.25) is 0 Å². The number of hydrogen-bond donors (Lipinski definition) is 2. The Kier molecular flexibility index (Phi) is 6.91. The van der Waals surface area contributed by atoms with Crippen LogP contribution < -0.4 is 5.32 Å². The minimum Gasteiger partial charge on any atom is -0.459 e. The van der Waals surface area contributed by atoms with E-state index in [4.69, 9.17) is 10.00 Å². The van der Waals surface area contributed by atoms with Gasteiger partial charge in [-0.05, 0) is 42.8 Å². The fourth-order valence-corrected chi connectivity index (χ4v) is 2.61. The molecule has 1 aliphatic rings. The first kappa shape index (κ1) is 20.4. The molecule has 1 fully saturated rings. The van der Waals surface area contributed by atoms with Gasteiger partial charge in [0.25, 0.3) is 0 Å². The molecule has 0 aliphatic heterocycles. The molecule has 2 aromatic carbocycles.